The van der Waals surface area contributed by atoms with E-state index in [0.717, 1.165) is 15.2 Å². The number of ether oxygens (including phenoxy) is 2. The number of fused-ring (bicyclic) bond motifs is 1. The minimum atomic E-state index is -0.392. The SMILES string of the molecule is COc1ccc(C(=O)OCCc2nc3ccccc3s2)cn1. The molecule has 0 atom stereocenters. The van der Waals surface area contributed by atoms with Gasteiger partial charge in [0, 0.05) is 18.7 Å². The number of para-hydroxylation sites is 1. The zero-order valence-corrected chi connectivity index (χ0v) is 12.8. The third-order valence-electron chi connectivity index (χ3n) is 3.07. The highest BCUT2D eigenvalue weighted by Gasteiger charge is 2.09. The summed E-state index contributed by atoms with van der Waals surface area (Å²) in [5.74, 6) is 0.0716. The number of hydrogen-bond acceptors (Lipinski definition) is 6. The number of thiazole rings is 1. The number of carbonyl (C=O) groups excluding carboxylic acids is 1. The summed E-state index contributed by atoms with van der Waals surface area (Å²) in [7, 11) is 1.53. The van der Waals surface area contributed by atoms with Crippen LogP contribution in [-0.2, 0) is 11.2 Å². The van der Waals surface area contributed by atoms with Gasteiger partial charge in [0.15, 0.2) is 0 Å². The number of esters is 1. The fourth-order valence-electron chi connectivity index (χ4n) is 1.96. The lowest BCUT2D eigenvalue weighted by Crippen LogP contribution is -2.08. The van der Waals surface area contributed by atoms with E-state index >= 15 is 0 Å². The van der Waals surface area contributed by atoms with E-state index < -0.39 is 5.97 Å². The van der Waals surface area contributed by atoms with E-state index in [4.69, 9.17) is 9.47 Å². The van der Waals surface area contributed by atoms with E-state index in [0.29, 0.717) is 24.5 Å². The van der Waals surface area contributed by atoms with Crippen LogP contribution in [0.1, 0.15) is 15.4 Å². The third-order valence-corrected chi connectivity index (χ3v) is 4.16. The summed E-state index contributed by atoms with van der Waals surface area (Å²) in [6, 6.07) is 11.2. The second-order valence-corrected chi connectivity index (χ2v) is 5.67. The summed E-state index contributed by atoms with van der Waals surface area (Å²) in [5, 5.41) is 0.960. The van der Waals surface area contributed by atoms with Gasteiger partial charge in [-0.15, -0.1) is 11.3 Å². The van der Waals surface area contributed by atoms with E-state index in [2.05, 4.69) is 9.97 Å². The molecule has 0 fully saturated rings. The van der Waals surface area contributed by atoms with Crippen molar-refractivity contribution in [2.75, 3.05) is 13.7 Å². The van der Waals surface area contributed by atoms with Crippen LogP contribution < -0.4 is 4.74 Å². The lowest BCUT2D eigenvalue weighted by molar-refractivity contribution is 0.0508. The highest BCUT2D eigenvalue weighted by molar-refractivity contribution is 7.18. The smallest absolute Gasteiger partial charge is 0.339 e. The number of aromatic nitrogens is 2. The molecule has 0 aliphatic carbocycles. The summed E-state index contributed by atoms with van der Waals surface area (Å²) in [4.78, 5) is 20.4. The molecule has 5 nitrogen and oxygen atoms in total. The molecule has 0 amide bonds. The molecule has 3 aromatic rings. The van der Waals surface area contributed by atoms with Gasteiger partial charge in [0.05, 0.1) is 34.5 Å². The average Bonchev–Trinajstić information content (AvgIpc) is 2.97. The van der Waals surface area contributed by atoms with Crippen LogP contribution in [0.5, 0.6) is 5.88 Å². The molecular formula is C16H14N2O3S. The van der Waals surface area contributed by atoms with Crippen molar-refractivity contribution in [3.63, 3.8) is 0 Å². The van der Waals surface area contributed by atoms with Crippen molar-refractivity contribution >= 4 is 27.5 Å². The maximum absolute atomic E-state index is 11.9. The maximum Gasteiger partial charge on any atom is 0.339 e. The first-order valence-corrected chi connectivity index (χ1v) is 7.59. The van der Waals surface area contributed by atoms with Gasteiger partial charge in [0.1, 0.15) is 0 Å². The molecular weight excluding hydrogens is 300 g/mol. The van der Waals surface area contributed by atoms with E-state index in [1.54, 1.807) is 23.5 Å². The molecule has 22 heavy (non-hydrogen) atoms. The predicted octanol–water partition coefficient (Wildman–Crippen LogP) is 3.10. The third kappa shape index (κ3) is 3.23. The van der Waals surface area contributed by atoms with Gasteiger partial charge in [0.25, 0.3) is 0 Å². The Morgan fingerprint density at radius 3 is 2.82 bits per heavy atom. The monoisotopic (exact) mass is 314 g/mol. The van der Waals surface area contributed by atoms with Crippen molar-refractivity contribution < 1.29 is 14.3 Å². The molecule has 0 unspecified atom stereocenters. The van der Waals surface area contributed by atoms with E-state index in [1.165, 1.54) is 13.3 Å². The maximum atomic E-state index is 11.9. The van der Waals surface area contributed by atoms with Crippen LogP contribution in [-0.4, -0.2) is 29.7 Å². The van der Waals surface area contributed by atoms with E-state index in [9.17, 15) is 4.79 Å². The molecule has 0 saturated heterocycles. The van der Waals surface area contributed by atoms with Gasteiger partial charge in [0.2, 0.25) is 5.88 Å². The van der Waals surface area contributed by atoms with Crippen LogP contribution in [0, 0.1) is 0 Å². The molecule has 0 aliphatic heterocycles. The van der Waals surface area contributed by atoms with Gasteiger partial charge in [-0.05, 0) is 18.2 Å². The molecule has 0 spiro atoms. The first kappa shape index (κ1) is 14.5. The van der Waals surface area contributed by atoms with Gasteiger partial charge in [-0.2, -0.15) is 0 Å². The number of nitrogens with zero attached hydrogens (tertiary/aromatic N) is 2. The number of methoxy groups -OCH3 is 1. The fourth-order valence-corrected chi connectivity index (χ4v) is 2.91. The van der Waals surface area contributed by atoms with Crippen LogP contribution in [0.25, 0.3) is 10.2 Å². The van der Waals surface area contributed by atoms with Gasteiger partial charge in [-0.3, -0.25) is 0 Å². The van der Waals surface area contributed by atoms with Crippen molar-refractivity contribution in [2.45, 2.75) is 6.42 Å². The fraction of sp³-hybridized carbons (Fsp3) is 0.188. The second kappa shape index (κ2) is 6.53. The van der Waals surface area contributed by atoms with Crippen molar-refractivity contribution in [2.24, 2.45) is 0 Å². The molecule has 2 aromatic heterocycles. The Labute approximate surface area is 131 Å². The minimum Gasteiger partial charge on any atom is -0.481 e. The molecule has 3 rings (SSSR count). The zero-order chi connectivity index (χ0) is 15.4. The quantitative estimate of drug-likeness (QED) is 0.677. The molecule has 0 aliphatic rings. The largest absolute Gasteiger partial charge is 0.481 e. The van der Waals surface area contributed by atoms with Crippen LogP contribution in [0.2, 0.25) is 0 Å². The Hall–Kier alpha value is -2.47. The number of benzene rings is 1. The van der Waals surface area contributed by atoms with Crippen LogP contribution in [0.15, 0.2) is 42.6 Å². The zero-order valence-electron chi connectivity index (χ0n) is 12.0. The Morgan fingerprint density at radius 2 is 2.09 bits per heavy atom. The summed E-state index contributed by atoms with van der Waals surface area (Å²) < 4.78 is 11.3. The second-order valence-electron chi connectivity index (χ2n) is 4.55. The van der Waals surface area contributed by atoms with E-state index in [-0.39, 0.29) is 0 Å². The molecule has 0 N–H and O–H groups in total. The summed E-state index contributed by atoms with van der Waals surface area (Å²) in [6.07, 6.45) is 2.05. The summed E-state index contributed by atoms with van der Waals surface area (Å²) in [6.45, 7) is 0.296. The first-order chi connectivity index (χ1) is 10.8. The number of hydrogen-bond donors (Lipinski definition) is 0. The molecule has 112 valence electrons. The minimum absolute atomic E-state index is 0.296. The molecule has 6 heteroatoms. The van der Waals surface area contributed by atoms with Crippen LogP contribution in [0.4, 0.5) is 0 Å². The highest BCUT2D eigenvalue weighted by Crippen LogP contribution is 2.21. The lowest BCUT2D eigenvalue weighted by Gasteiger charge is -2.04. The Kier molecular flexibility index (Phi) is 4.29. The molecule has 2 heterocycles. The standard InChI is InChI=1S/C16H14N2O3S/c1-20-14-7-6-11(10-17-14)16(19)21-9-8-15-18-12-4-2-3-5-13(12)22-15/h2-7,10H,8-9H2,1H3. The van der Waals surface area contributed by atoms with Gasteiger partial charge in [-0.25, -0.2) is 14.8 Å². The average molecular weight is 314 g/mol. The van der Waals surface area contributed by atoms with Gasteiger partial charge >= 0.3 is 5.97 Å². The molecule has 0 bridgehead atoms. The highest BCUT2D eigenvalue weighted by atomic mass is 32.1. The number of pyridine rings is 1. The normalized spacial score (nSPS) is 10.6. The molecule has 1 aromatic carbocycles. The van der Waals surface area contributed by atoms with Crippen molar-refractivity contribution in [3.05, 3.63) is 53.2 Å². The van der Waals surface area contributed by atoms with E-state index in [1.807, 2.05) is 24.3 Å². The lowest BCUT2D eigenvalue weighted by atomic mass is 10.3. The van der Waals surface area contributed by atoms with Gasteiger partial charge < -0.3 is 9.47 Å². The number of rotatable bonds is 5. The van der Waals surface area contributed by atoms with Gasteiger partial charge in [-0.1, -0.05) is 12.1 Å². The predicted molar refractivity (Wildman–Crippen MR) is 84.4 cm³/mol. The topological polar surface area (TPSA) is 61.3 Å². The summed E-state index contributed by atoms with van der Waals surface area (Å²) in [5.41, 5.74) is 1.39. The van der Waals surface area contributed by atoms with Crippen molar-refractivity contribution in [1.29, 1.82) is 0 Å². The summed E-state index contributed by atoms with van der Waals surface area (Å²) >= 11 is 1.62. The Morgan fingerprint density at radius 1 is 1.23 bits per heavy atom. The Bertz CT molecular complexity index is 750. The van der Waals surface area contributed by atoms with Crippen LogP contribution >= 0.6 is 11.3 Å². The van der Waals surface area contributed by atoms with Crippen molar-refractivity contribution in [3.8, 4) is 5.88 Å². The first-order valence-electron chi connectivity index (χ1n) is 6.78. The van der Waals surface area contributed by atoms with Crippen molar-refractivity contribution in [1.82, 2.24) is 9.97 Å². The van der Waals surface area contributed by atoms with Crippen LogP contribution in [0.3, 0.4) is 0 Å². The molecule has 0 radical (unpaired) electrons. The number of carbonyl (C=O) groups is 1. The Balaban J connectivity index is 1.56. The molecule has 0 saturated carbocycles.